The molecule has 0 radical (unpaired) electrons. The van der Waals surface area contributed by atoms with Crippen LogP contribution in [0.5, 0.6) is 0 Å². The van der Waals surface area contributed by atoms with Crippen molar-refractivity contribution in [3.05, 3.63) is 83.2 Å². The molecule has 0 saturated carbocycles. The van der Waals surface area contributed by atoms with E-state index < -0.39 is 5.78 Å². The molecule has 5 heteroatoms. The number of hydrogen-bond donors (Lipinski definition) is 2. The lowest BCUT2D eigenvalue weighted by Crippen LogP contribution is -2.12. The molecular weight excluding hydrogens is 304 g/mol. The normalized spacial score (nSPS) is 11.7. The lowest BCUT2D eigenvalue weighted by Gasteiger charge is -2.02. The number of furan rings is 1. The van der Waals surface area contributed by atoms with Gasteiger partial charge in [0.15, 0.2) is 5.76 Å². The Morgan fingerprint density at radius 1 is 1.29 bits per heavy atom. The van der Waals surface area contributed by atoms with Crippen LogP contribution in [0.1, 0.15) is 27.4 Å². The lowest BCUT2D eigenvalue weighted by molar-refractivity contribution is 0.101. The Bertz CT molecular complexity index is 783. The fraction of sp³-hybridized carbons (Fsp3) is 0.158. The molecule has 5 nitrogen and oxygen atoms in total. The SMILES string of the molecule is C=C(NC=NC)/C(O)=C/C(=O)c1ccc(Cc2ccc(C)cc2)o1. The van der Waals surface area contributed by atoms with Gasteiger partial charge in [0.2, 0.25) is 5.78 Å². The van der Waals surface area contributed by atoms with Crippen LogP contribution < -0.4 is 5.32 Å². The number of aliphatic hydroxyl groups is 1. The van der Waals surface area contributed by atoms with Crippen LogP contribution in [0.15, 0.2) is 69.9 Å². The van der Waals surface area contributed by atoms with Crippen molar-refractivity contribution >= 4 is 12.1 Å². The van der Waals surface area contributed by atoms with Crippen molar-refractivity contribution in [1.29, 1.82) is 0 Å². The highest BCUT2D eigenvalue weighted by Crippen LogP contribution is 2.15. The predicted octanol–water partition coefficient (Wildman–Crippen LogP) is 3.56. The summed E-state index contributed by atoms with van der Waals surface area (Å²) in [5, 5.41) is 12.5. The second-order valence-electron chi connectivity index (χ2n) is 5.33. The standard InChI is InChI=1S/C19H20N2O3/c1-13-4-6-15(7-5-13)10-16-8-9-19(24-16)18(23)11-17(22)14(2)21-12-20-3/h4-9,11-12,22H,2,10H2,1,3H3,(H,20,21)/b17-11-. The van der Waals surface area contributed by atoms with E-state index in [0.717, 1.165) is 11.6 Å². The summed E-state index contributed by atoms with van der Waals surface area (Å²) in [5.74, 6) is 0.154. The molecular formula is C19H20N2O3. The van der Waals surface area contributed by atoms with E-state index in [1.807, 2.05) is 31.2 Å². The second-order valence-corrected chi connectivity index (χ2v) is 5.33. The minimum atomic E-state index is -0.431. The quantitative estimate of drug-likeness (QED) is 0.204. The first-order valence-electron chi connectivity index (χ1n) is 7.45. The van der Waals surface area contributed by atoms with Crippen molar-refractivity contribution in [3.63, 3.8) is 0 Å². The fourth-order valence-electron chi connectivity index (χ4n) is 2.01. The highest BCUT2D eigenvalue weighted by Gasteiger charge is 2.11. The zero-order chi connectivity index (χ0) is 17.5. The molecule has 24 heavy (non-hydrogen) atoms. The summed E-state index contributed by atoms with van der Waals surface area (Å²) in [4.78, 5) is 15.8. The zero-order valence-corrected chi connectivity index (χ0v) is 13.7. The third-order valence-corrected chi connectivity index (χ3v) is 3.35. The number of ketones is 1. The minimum absolute atomic E-state index is 0.167. The molecule has 124 valence electrons. The Hall–Kier alpha value is -3.08. The molecule has 0 bridgehead atoms. The van der Waals surface area contributed by atoms with Crippen molar-refractivity contribution in [2.75, 3.05) is 7.05 Å². The number of aryl methyl sites for hydroxylation is 1. The Labute approximate surface area is 141 Å². The molecule has 0 fully saturated rings. The van der Waals surface area contributed by atoms with Crippen LogP contribution in [-0.2, 0) is 6.42 Å². The third-order valence-electron chi connectivity index (χ3n) is 3.35. The van der Waals surface area contributed by atoms with Gasteiger partial charge in [-0.25, -0.2) is 0 Å². The van der Waals surface area contributed by atoms with Gasteiger partial charge in [-0.05, 0) is 24.6 Å². The van der Waals surface area contributed by atoms with Gasteiger partial charge < -0.3 is 14.8 Å². The van der Waals surface area contributed by atoms with E-state index >= 15 is 0 Å². The molecule has 2 aromatic rings. The van der Waals surface area contributed by atoms with Crippen LogP contribution in [0.2, 0.25) is 0 Å². The van der Waals surface area contributed by atoms with E-state index in [1.165, 1.54) is 11.9 Å². The van der Waals surface area contributed by atoms with Crippen molar-refractivity contribution in [2.45, 2.75) is 13.3 Å². The maximum absolute atomic E-state index is 12.1. The summed E-state index contributed by atoms with van der Waals surface area (Å²) in [6, 6.07) is 11.5. The summed E-state index contributed by atoms with van der Waals surface area (Å²) >= 11 is 0. The summed E-state index contributed by atoms with van der Waals surface area (Å²) in [5.41, 5.74) is 2.47. The molecule has 2 N–H and O–H groups in total. The number of aliphatic imine (C=N–C) groups is 1. The number of nitrogens with zero attached hydrogens (tertiary/aromatic N) is 1. The number of rotatable bonds is 7. The number of benzene rings is 1. The number of carbonyl (C=O) groups excluding carboxylic acids is 1. The van der Waals surface area contributed by atoms with E-state index in [4.69, 9.17) is 4.42 Å². The molecule has 1 aromatic heterocycles. The highest BCUT2D eigenvalue weighted by atomic mass is 16.3. The monoisotopic (exact) mass is 324 g/mol. The second kappa shape index (κ2) is 7.97. The molecule has 0 aliphatic heterocycles. The van der Waals surface area contributed by atoms with Gasteiger partial charge in [0.1, 0.15) is 11.5 Å². The van der Waals surface area contributed by atoms with Crippen molar-refractivity contribution in [1.82, 2.24) is 5.32 Å². The minimum Gasteiger partial charge on any atom is -0.506 e. The van der Waals surface area contributed by atoms with Gasteiger partial charge in [-0.3, -0.25) is 9.79 Å². The molecule has 0 aliphatic carbocycles. The van der Waals surface area contributed by atoms with Gasteiger partial charge in [-0.2, -0.15) is 0 Å². The molecule has 0 saturated heterocycles. The van der Waals surface area contributed by atoms with Crippen LogP contribution in [-0.4, -0.2) is 24.3 Å². The van der Waals surface area contributed by atoms with Crippen LogP contribution in [0.25, 0.3) is 0 Å². The molecule has 0 spiro atoms. The van der Waals surface area contributed by atoms with Gasteiger partial charge >= 0.3 is 0 Å². The summed E-state index contributed by atoms with van der Waals surface area (Å²) in [6.07, 6.45) is 3.03. The van der Waals surface area contributed by atoms with E-state index in [1.54, 1.807) is 19.2 Å². The first-order valence-corrected chi connectivity index (χ1v) is 7.45. The molecule has 0 amide bonds. The third kappa shape index (κ3) is 4.71. The lowest BCUT2D eigenvalue weighted by atomic mass is 10.1. The first-order chi connectivity index (χ1) is 11.5. The van der Waals surface area contributed by atoms with E-state index in [-0.39, 0.29) is 17.2 Å². The number of carbonyl (C=O) groups is 1. The molecule has 0 aliphatic rings. The summed E-state index contributed by atoms with van der Waals surface area (Å²) in [7, 11) is 1.57. The molecule has 2 rings (SSSR count). The van der Waals surface area contributed by atoms with Crippen LogP contribution in [0.4, 0.5) is 0 Å². The topological polar surface area (TPSA) is 74.8 Å². The van der Waals surface area contributed by atoms with Gasteiger partial charge in [-0.1, -0.05) is 36.4 Å². The van der Waals surface area contributed by atoms with E-state index in [0.29, 0.717) is 12.2 Å². The van der Waals surface area contributed by atoms with Gasteiger partial charge in [0.25, 0.3) is 0 Å². The molecule has 1 heterocycles. The van der Waals surface area contributed by atoms with Crippen molar-refractivity contribution in [2.24, 2.45) is 4.99 Å². The summed E-state index contributed by atoms with van der Waals surface area (Å²) in [6.45, 7) is 5.63. The Balaban J connectivity index is 2.05. The number of nitrogens with one attached hydrogen (secondary N) is 1. The van der Waals surface area contributed by atoms with E-state index in [9.17, 15) is 9.90 Å². The molecule has 0 atom stereocenters. The summed E-state index contributed by atoms with van der Waals surface area (Å²) < 4.78 is 5.56. The zero-order valence-electron chi connectivity index (χ0n) is 13.7. The molecule has 0 unspecified atom stereocenters. The number of hydrogen-bond acceptors (Lipinski definition) is 4. The van der Waals surface area contributed by atoms with Crippen molar-refractivity contribution in [3.8, 4) is 0 Å². The van der Waals surface area contributed by atoms with Crippen LogP contribution in [0, 0.1) is 6.92 Å². The van der Waals surface area contributed by atoms with Gasteiger partial charge in [0, 0.05) is 19.5 Å². The highest BCUT2D eigenvalue weighted by molar-refractivity contribution is 6.03. The number of aliphatic hydroxyl groups excluding tert-OH is 1. The first kappa shape index (κ1) is 17.3. The maximum Gasteiger partial charge on any atom is 0.224 e. The smallest absolute Gasteiger partial charge is 0.224 e. The Morgan fingerprint density at radius 3 is 2.67 bits per heavy atom. The predicted molar refractivity (Wildman–Crippen MR) is 94.4 cm³/mol. The average Bonchev–Trinajstić information content (AvgIpc) is 3.03. The van der Waals surface area contributed by atoms with Crippen LogP contribution >= 0.6 is 0 Å². The fourth-order valence-corrected chi connectivity index (χ4v) is 2.01. The Kier molecular flexibility index (Phi) is 5.73. The average molecular weight is 324 g/mol. The molecule has 1 aromatic carbocycles. The number of allylic oxidation sites excluding steroid dienone is 1. The largest absolute Gasteiger partial charge is 0.506 e. The maximum atomic E-state index is 12.1. The van der Waals surface area contributed by atoms with Crippen LogP contribution in [0.3, 0.4) is 0 Å². The van der Waals surface area contributed by atoms with Gasteiger partial charge in [-0.15, -0.1) is 0 Å². The van der Waals surface area contributed by atoms with Gasteiger partial charge in [0.05, 0.1) is 12.0 Å². The Morgan fingerprint density at radius 2 is 2.00 bits per heavy atom. The van der Waals surface area contributed by atoms with E-state index in [2.05, 4.69) is 16.9 Å². The van der Waals surface area contributed by atoms with Crippen molar-refractivity contribution < 1.29 is 14.3 Å².